The monoisotopic (exact) mass is 553 g/mol. The van der Waals surface area contributed by atoms with Gasteiger partial charge in [0.2, 0.25) is 0 Å². The summed E-state index contributed by atoms with van der Waals surface area (Å²) < 4.78 is 12.0. The lowest BCUT2D eigenvalue weighted by atomic mass is 10.1. The highest BCUT2D eigenvalue weighted by Gasteiger charge is 2.15. The van der Waals surface area contributed by atoms with Crippen LogP contribution >= 0.6 is 0 Å². The standard InChI is InChI=1S/C19H15N3O.C13H20N2O3/c1-14-4-2-6-16(10-14)13-22-19(23)9-8-18(21-22)17-7-3-5-15(11-17)12-20;1-10-14-8-11(9-15-10)17-7-5-6-12(16)18-13(2,3)4/h2-11H,13H2,1H3;8-9H,5-7H2,1-4H3. The molecule has 0 aliphatic rings. The van der Waals surface area contributed by atoms with E-state index in [1.165, 1.54) is 10.7 Å². The second kappa shape index (κ2) is 14.5. The molecule has 0 N–H and O–H groups in total. The topological polar surface area (TPSA) is 120 Å². The van der Waals surface area contributed by atoms with Crippen LogP contribution in [0, 0.1) is 25.2 Å². The van der Waals surface area contributed by atoms with Crippen LogP contribution in [0.4, 0.5) is 0 Å². The number of benzene rings is 2. The Labute approximate surface area is 240 Å². The number of nitriles is 1. The molecule has 0 aliphatic carbocycles. The van der Waals surface area contributed by atoms with Crippen molar-refractivity contribution in [2.75, 3.05) is 6.61 Å². The fourth-order valence-corrected chi connectivity index (χ4v) is 3.70. The van der Waals surface area contributed by atoms with Crippen molar-refractivity contribution in [3.8, 4) is 23.1 Å². The van der Waals surface area contributed by atoms with Crippen LogP contribution in [-0.4, -0.2) is 37.9 Å². The van der Waals surface area contributed by atoms with Gasteiger partial charge in [0.15, 0.2) is 5.75 Å². The summed E-state index contributed by atoms with van der Waals surface area (Å²) in [5.41, 5.74) is 3.67. The van der Waals surface area contributed by atoms with Crippen molar-refractivity contribution in [1.82, 2.24) is 19.7 Å². The average Bonchev–Trinajstić information content (AvgIpc) is 2.93. The van der Waals surface area contributed by atoms with Crippen LogP contribution in [0.15, 0.2) is 77.9 Å². The minimum atomic E-state index is -0.428. The molecule has 0 amide bonds. The molecule has 0 fully saturated rings. The van der Waals surface area contributed by atoms with Gasteiger partial charge in [-0.05, 0) is 64.8 Å². The molecule has 9 nitrogen and oxygen atoms in total. The van der Waals surface area contributed by atoms with Crippen molar-refractivity contribution in [3.05, 3.63) is 106 Å². The predicted molar refractivity (Wildman–Crippen MR) is 156 cm³/mol. The molecule has 0 aliphatic heterocycles. The molecule has 0 spiro atoms. The first kappa shape index (κ1) is 30.7. The minimum Gasteiger partial charge on any atom is -0.490 e. The Hall–Kier alpha value is -4.84. The molecule has 212 valence electrons. The van der Waals surface area contributed by atoms with Crippen molar-refractivity contribution in [2.45, 2.75) is 59.6 Å². The van der Waals surface area contributed by atoms with Crippen molar-refractivity contribution < 1.29 is 14.3 Å². The Morgan fingerprint density at radius 1 is 1.00 bits per heavy atom. The van der Waals surface area contributed by atoms with E-state index in [9.17, 15) is 9.59 Å². The largest absolute Gasteiger partial charge is 0.490 e. The van der Waals surface area contributed by atoms with Gasteiger partial charge in [-0.15, -0.1) is 0 Å². The number of ether oxygens (including phenoxy) is 2. The van der Waals surface area contributed by atoms with Gasteiger partial charge in [0.1, 0.15) is 11.4 Å². The third-order valence-electron chi connectivity index (χ3n) is 5.54. The molecule has 4 aromatic rings. The molecule has 0 saturated heterocycles. The second-order valence-corrected chi connectivity index (χ2v) is 10.4. The Kier molecular flexibility index (Phi) is 10.9. The zero-order chi connectivity index (χ0) is 29.8. The molecule has 4 rings (SSSR count). The molecule has 2 aromatic heterocycles. The van der Waals surface area contributed by atoms with E-state index in [0.29, 0.717) is 48.8 Å². The van der Waals surface area contributed by atoms with E-state index < -0.39 is 5.60 Å². The molecule has 2 heterocycles. The molecule has 41 heavy (non-hydrogen) atoms. The summed E-state index contributed by atoms with van der Waals surface area (Å²) >= 11 is 0. The summed E-state index contributed by atoms with van der Waals surface area (Å²) in [6.07, 6.45) is 4.21. The maximum Gasteiger partial charge on any atom is 0.306 e. The van der Waals surface area contributed by atoms with Crippen LogP contribution in [-0.2, 0) is 16.1 Å². The van der Waals surface area contributed by atoms with Crippen molar-refractivity contribution in [2.24, 2.45) is 0 Å². The smallest absolute Gasteiger partial charge is 0.306 e. The number of nitrogens with zero attached hydrogens (tertiary/aromatic N) is 5. The molecule has 0 radical (unpaired) electrons. The third-order valence-corrected chi connectivity index (χ3v) is 5.54. The molecular formula is C32H35N5O4. The Morgan fingerprint density at radius 2 is 1.73 bits per heavy atom. The molecule has 0 atom stereocenters. The van der Waals surface area contributed by atoms with Gasteiger partial charge in [0.25, 0.3) is 5.56 Å². The number of esters is 1. The first-order valence-corrected chi connectivity index (χ1v) is 13.3. The fourth-order valence-electron chi connectivity index (χ4n) is 3.70. The molecular weight excluding hydrogens is 518 g/mol. The lowest BCUT2D eigenvalue weighted by Gasteiger charge is -2.19. The molecule has 0 unspecified atom stereocenters. The highest BCUT2D eigenvalue weighted by Crippen LogP contribution is 2.17. The SMILES string of the molecule is Cc1cccc(Cn2nc(-c3cccc(C#N)c3)ccc2=O)c1.Cc1ncc(OCCCC(=O)OC(C)(C)C)cn1. The van der Waals surface area contributed by atoms with Crippen LogP contribution < -0.4 is 10.3 Å². The van der Waals surface area contributed by atoms with E-state index in [1.54, 1.807) is 30.6 Å². The zero-order valence-corrected chi connectivity index (χ0v) is 24.1. The lowest BCUT2D eigenvalue weighted by molar-refractivity contribution is -0.155. The van der Waals surface area contributed by atoms with Gasteiger partial charge in [-0.2, -0.15) is 10.4 Å². The maximum atomic E-state index is 12.1. The molecule has 0 saturated carbocycles. The zero-order valence-electron chi connectivity index (χ0n) is 24.1. The molecule has 2 aromatic carbocycles. The summed E-state index contributed by atoms with van der Waals surface area (Å²) in [6.45, 7) is 10.3. The van der Waals surface area contributed by atoms with Gasteiger partial charge >= 0.3 is 5.97 Å². The van der Waals surface area contributed by atoms with Gasteiger partial charge < -0.3 is 9.47 Å². The van der Waals surface area contributed by atoms with E-state index in [1.807, 2.05) is 71.0 Å². The number of rotatable bonds is 8. The van der Waals surface area contributed by atoms with Gasteiger partial charge in [-0.1, -0.05) is 42.0 Å². The van der Waals surface area contributed by atoms with Gasteiger partial charge in [-0.3, -0.25) is 9.59 Å². The Bertz CT molecular complexity index is 1550. The van der Waals surface area contributed by atoms with E-state index in [4.69, 9.17) is 14.7 Å². The summed E-state index contributed by atoms with van der Waals surface area (Å²) in [5, 5.41) is 13.4. The quantitative estimate of drug-likeness (QED) is 0.209. The number of aryl methyl sites for hydroxylation is 2. The second-order valence-electron chi connectivity index (χ2n) is 10.4. The van der Waals surface area contributed by atoms with E-state index >= 15 is 0 Å². The highest BCUT2D eigenvalue weighted by atomic mass is 16.6. The highest BCUT2D eigenvalue weighted by molar-refractivity contribution is 5.69. The molecule has 9 heteroatoms. The van der Waals surface area contributed by atoms with Gasteiger partial charge in [-0.25, -0.2) is 14.6 Å². The average molecular weight is 554 g/mol. The van der Waals surface area contributed by atoms with E-state index in [-0.39, 0.29) is 11.5 Å². The van der Waals surface area contributed by atoms with Gasteiger partial charge in [0, 0.05) is 18.1 Å². The number of aromatic nitrogens is 4. The minimum absolute atomic E-state index is 0.147. The van der Waals surface area contributed by atoms with Crippen LogP contribution in [0.5, 0.6) is 5.75 Å². The number of carbonyl (C=O) groups is 1. The van der Waals surface area contributed by atoms with Crippen molar-refractivity contribution in [1.29, 1.82) is 5.26 Å². The van der Waals surface area contributed by atoms with Crippen LogP contribution in [0.1, 0.15) is 56.1 Å². The number of hydrogen-bond acceptors (Lipinski definition) is 8. The summed E-state index contributed by atoms with van der Waals surface area (Å²) in [4.78, 5) is 31.5. The number of hydrogen-bond donors (Lipinski definition) is 0. The summed E-state index contributed by atoms with van der Waals surface area (Å²) in [6, 6.07) is 20.5. The first-order chi connectivity index (χ1) is 19.5. The first-order valence-electron chi connectivity index (χ1n) is 13.3. The lowest BCUT2D eigenvalue weighted by Crippen LogP contribution is -2.23. The van der Waals surface area contributed by atoms with Crippen LogP contribution in [0.3, 0.4) is 0 Å². The van der Waals surface area contributed by atoms with Gasteiger partial charge in [0.05, 0.1) is 42.9 Å². The maximum absolute atomic E-state index is 12.1. The predicted octanol–water partition coefficient (Wildman–Crippen LogP) is 5.42. The van der Waals surface area contributed by atoms with Crippen molar-refractivity contribution >= 4 is 5.97 Å². The van der Waals surface area contributed by atoms with Crippen LogP contribution in [0.2, 0.25) is 0 Å². The number of carbonyl (C=O) groups excluding carboxylic acids is 1. The normalized spacial score (nSPS) is 10.6. The molecule has 0 bridgehead atoms. The Balaban J connectivity index is 0.000000233. The summed E-state index contributed by atoms with van der Waals surface area (Å²) in [5.74, 6) is 1.12. The van der Waals surface area contributed by atoms with E-state index in [0.717, 1.165) is 16.7 Å². The summed E-state index contributed by atoms with van der Waals surface area (Å²) in [7, 11) is 0. The van der Waals surface area contributed by atoms with E-state index in [2.05, 4.69) is 21.1 Å². The third kappa shape index (κ3) is 10.7. The Morgan fingerprint density at radius 3 is 2.41 bits per heavy atom. The van der Waals surface area contributed by atoms with Crippen LogP contribution in [0.25, 0.3) is 11.3 Å². The fraction of sp³-hybridized carbons (Fsp3) is 0.312. The van der Waals surface area contributed by atoms with Crippen molar-refractivity contribution in [3.63, 3.8) is 0 Å².